The normalized spacial score (nSPS) is 16.5. The summed E-state index contributed by atoms with van der Waals surface area (Å²) in [4.78, 5) is 20.0. The first-order valence-electron chi connectivity index (χ1n) is 15.1. The highest BCUT2D eigenvalue weighted by Crippen LogP contribution is 2.50. The van der Waals surface area contributed by atoms with Crippen LogP contribution in [-0.4, -0.2) is 73.7 Å². The van der Waals surface area contributed by atoms with Gasteiger partial charge in [-0.05, 0) is 79.9 Å². The number of nitrogens with zero attached hydrogens (tertiary/aromatic N) is 2. The molecule has 6 rings (SSSR count). The molecule has 2 heterocycles. The molecule has 2 aliphatic rings. The van der Waals surface area contributed by atoms with Gasteiger partial charge in [-0.15, -0.1) is 0 Å². The fourth-order valence-electron chi connectivity index (χ4n) is 5.38. The molecule has 1 aliphatic heterocycles. The van der Waals surface area contributed by atoms with Crippen molar-refractivity contribution in [2.75, 3.05) is 57.2 Å². The number of nitrogens with one attached hydrogen (secondary N) is 2. The van der Waals surface area contributed by atoms with E-state index in [0.717, 1.165) is 44.7 Å². The fraction of sp³-hybridized carbons (Fsp3) is 0.353. The molecular formula is C34H37FN4O6. The largest absolute Gasteiger partial charge is 0.493 e. The molecule has 0 radical (unpaired) electrons. The van der Waals surface area contributed by atoms with Gasteiger partial charge in [0.25, 0.3) is 0 Å². The summed E-state index contributed by atoms with van der Waals surface area (Å²) in [7, 11) is 1.61. The molecule has 10 nitrogen and oxygen atoms in total. The Morgan fingerprint density at radius 3 is 2.47 bits per heavy atom. The average molecular weight is 617 g/mol. The van der Waals surface area contributed by atoms with Crippen LogP contribution in [0, 0.1) is 11.2 Å². The van der Waals surface area contributed by atoms with Crippen LogP contribution in [0.25, 0.3) is 10.9 Å². The van der Waals surface area contributed by atoms with Gasteiger partial charge >= 0.3 is 0 Å². The van der Waals surface area contributed by atoms with Crippen LogP contribution in [0.5, 0.6) is 23.0 Å². The van der Waals surface area contributed by atoms with Crippen molar-refractivity contribution in [3.8, 4) is 23.0 Å². The number of carbonyl (C=O) groups excluding carboxylic acids is 1. The minimum atomic E-state index is -1.11. The maximum atomic E-state index is 13.2. The smallest absolute Gasteiger partial charge is 0.235 e. The third-order valence-corrected chi connectivity index (χ3v) is 8.22. The topological polar surface area (TPSA) is 114 Å². The van der Waals surface area contributed by atoms with Crippen LogP contribution < -0.4 is 24.8 Å². The minimum Gasteiger partial charge on any atom is -0.493 e. The van der Waals surface area contributed by atoms with E-state index in [-0.39, 0.29) is 11.7 Å². The van der Waals surface area contributed by atoms with E-state index in [1.165, 1.54) is 24.3 Å². The van der Waals surface area contributed by atoms with Gasteiger partial charge < -0.3 is 34.7 Å². The van der Waals surface area contributed by atoms with E-state index in [1.54, 1.807) is 43.6 Å². The first kappa shape index (κ1) is 30.6. The minimum absolute atomic E-state index is 0.287. The van der Waals surface area contributed by atoms with Crippen molar-refractivity contribution >= 4 is 28.2 Å². The highest BCUT2D eigenvalue weighted by Gasteiger charge is 2.55. The molecule has 11 heteroatoms. The lowest BCUT2D eigenvalue weighted by molar-refractivity contribution is -0.124. The lowest BCUT2D eigenvalue weighted by atomic mass is 10.0. The van der Waals surface area contributed by atoms with E-state index in [1.807, 2.05) is 12.1 Å². The standard InChI is InChI=1S/C34H37FN4O6/c1-42-30-21-27-28(22-31(30)44-18-2-15-39-16-19-43-20-17-39)36-14-11-29(27)45-26-9-7-25(8-10-26)38-33(41)34(12-13-34)32(40)37-24-5-3-23(35)4-6-24/h3-11,14,21-22,32,37,40H,2,12-13,15-20H2,1H3,(H,38,41). The number of pyridine rings is 1. The zero-order chi connectivity index (χ0) is 31.2. The van der Waals surface area contributed by atoms with Crippen molar-refractivity contribution in [1.29, 1.82) is 0 Å². The van der Waals surface area contributed by atoms with Gasteiger partial charge in [0.05, 0.1) is 37.9 Å². The zero-order valence-electron chi connectivity index (χ0n) is 25.1. The van der Waals surface area contributed by atoms with Crippen molar-refractivity contribution in [2.45, 2.75) is 25.5 Å². The number of ether oxygens (including phenoxy) is 4. The number of aliphatic hydroxyl groups excluding tert-OH is 1. The van der Waals surface area contributed by atoms with Gasteiger partial charge in [0.15, 0.2) is 11.5 Å². The summed E-state index contributed by atoms with van der Waals surface area (Å²) in [5.41, 5.74) is 0.866. The highest BCUT2D eigenvalue weighted by molar-refractivity contribution is 5.98. The molecule has 1 saturated heterocycles. The van der Waals surface area contributed by atoms with E-state index < -0.39 is 11.6 Å². The second-order valence-electron chi connectivity index (χ2n) is 11.3. The Labute approximate surface area is 261 Å². The first-order chi connectivity index (χ1) is 21.9. The molecule has 1 amide bonds. The average Bonchev–Trinajstić information content (AvgIpc) is 3.88. The van der Waals surface area contributed by atoms with E-state index >= 15 is 0 Å². The van der Waals surface area contributed by atoms with Crippen LogP contribution in [0.15, 0.2) is 72.9 Å². The number of carbonyl (C=O) groups is 1. The van der Waals surface area contributed by atoms with Gasteiger partial charge in [0.1, 0.15) is 23.5 Å². The second-order valence-corrected chi connectivity index (χ2v) is 11.3. The van der Waals surface area contributed by atoms with Crippen LogP contribution in [0.3, 0.4) is 0 Å². The molecule has 3 aromatic carbocycles. The Morgan fingerprint density at radius 1 is 1.02 bits per heavy atom. The Morgan fingerprint density at radius 2 is 1.76 bits per heavy atom. The summed E-state index contributed by atoms with van der Waals surface area (Å²) < 4.78 is 36.5. The van der Waals surface area contributed by atoms with Crippen molar-refractivity contribution in [3.63, 3.8) is 0 Å². The molecule has 1 saturated carbocycles. The third kappa shape index (κ3) is 7.28. The number of aliphatic hydroxyl groups is 1. The summed E-state index contributed by atoms with van der Waals surface area (Å²) in [6, 6.07) is 18.2. The lowest BCUT2D eigenvalue weighted by Gasteiger charge is -2.26. The molecule has 3 N–H and O–H groups in total. The third-order valence-electron chi connectivity index (χ3n) is 8.22. The summed E-state index contributed by atoms with van der Waals surface area (Å²) in [5.74, 6) is 1.73. The number of morpholine rings is 1. The molecule has 0 bridgehead atoms. The van der Waals surface area contributed by atoms with Gasteiger partial charge in [0.2, 0.25) is 5.91 Å². The van der Waals surface area contributed by atoms with Gasteiger partial charge in [-0.3, -0.25) is 14.7 Å². The molecule has 2 fully saturated rings. The number of anilines is 2. The quantitative estimate of drug-likeness (QED) is 0.134. The predicted octanol–water partition coefficient (Wildman–Crippen LogP) is 5.43. The molecule has 45 heavy (non-hydrogen) atoms. The number of rotatable bonds is 13. The number of hydrogen-bond donors (Lipinski definition) is 3. The molecule has 1 aliphatic carbocycles. The molecule has 1 atom stereocenters. The molecule has 236 valence electrons. The van der Waals surface area contributed by atoms with Gasteiger partial charge in [-0.2, -0.15) is 0 Å². The van der Waals surface area contributed by atoms with Crippen LogP contribution >= 0.6 is 0 Å². The van der Waals surface area contributed by atoms with Crippen molar-refractivity contribution in [2.24, 2.45) is 5.41 Å². The van der Waals surface area contributed by atoms with Crippen molar-refractivity contribution in [3.05, 3.63) is 78.7 Å². The number of methoxy groups -OCH3 is 1. The SMILES string of the molecule is COc1cc2c(Oc3ccc(NC(=O)C4(C(O)Nc5ccc(F)cc5)CC4)cc3)ccnc2cc1OCCCN1CCOCC1. The first-order valence-corrected chi connectivity index (χ1v) is 15.1. The van der Waals surface area contributed by atoms with E-state index in [0.29, 0.717) is 59.3 Å². The molecule has 4 aromatic rings. The molecule has 0 spiro atoms. The lowest BCUT2D eigenvalue weighted by Crippen LogP contribution is -2.39. The molecular weight excluding hydrogens is 579 g/mol. The van der Waals surface area contributed by atoms with Crippen LogP contribution in [0.1, 0.15) is 19.3 Å². The number of aromatic nitrogens is 1. The fourth-order valence-corrected chi connectivity index (χ4v) is 5.38. The Bertz CT molecular complexity index is 1610. The highest BCUT2D eigenvalue weighted by atomic mass is 19.1. The molecule has 1 aromatic heterocycles. The van der Waals surface area contributed by atoms with E-state index in [2.05, 4.69) is 20.5 Å². The van der Waals surface area contributed by atoms with Crippen LogP contribution in [-0.2, 0) is 9.53 Å². The second kappa shape index (κ2) is 13.7. The van der Waals surface area contributed by atoms with Gasteiger partial charge in [0, 0.05) is 48.7 Å². The van der Waals surface area contributed by atoms with Crippen LogP contribution in [0.4, 0.5) is 15.8 Å². The van der Waals surface area contributed by atoms with E-state index in [9.17, 15) is 14.3 Å². The number of benzene rings is 3. The Balaban J connectivity index is 1.07. The van der Waals surface area contributed by atoms with Gasteiger partial charge in [-0.1, -0.05) is 0 Å². The number of hydrogen-bond acceptors (Lipinski definition) is 9. The summed E-state index contributed by atoms with van der Waals surface area (Å²) >= 11 is 0. The number of amides is 1. The summed E-state index contributed by atoms with van der Waals surface area (Å²) in [6.07, 6.45) is 2.54. The maximum absolute atomic E-state index is 13.2. The summed E-state index contributed by atoms with van der Waals surface area (Å²) in [6.45, 7) is 4.97. The van der Waals surface area contributed by atoms with Crippen LogP contribution in [0.2, 0.25) is 0 Å². The monoisotopic (exact) mass is 616 g/mol. The predicted molar refractivity (Wildman–Crippen MR) is 169 cm³/mol. The zero-order valence-corrected chi connectivity index (χ0v) is 25.1. The Kier molecular flexibility index (Phi) is 9.29. The molecule has 1 unspecified atom stereocenters. The van der Waals surface area contributed by atoms with Gasteiger partial charge in [-0.25, -0.2) is 4.39 Å². The van der Waals surface area contributed by atoms with E-state index in [4.69, 9.17) is 18.9 Å². The van der Waals surface area contributed by atoms with Crippen molar-refractivity contribution in [1.82, 2.24) is 9.88 Å². The van der Waals surface area contributed by atoms with Crippen molar-refractivity contribution < 1.29 is 33.2 Å². The number of halogens is 1. The summed E-state index contributed by atoms with van der Waals surface area (Å²) in [5, 5.41) is 17.3. The Hall–Kier alpha value is -4.45. The number of fused-ring (bicyclic) bond motifs is 1. The maximum Gasteiger partial charge on any atom is 0.235 e.